The number of esters is 1. The number of non-ortho nitro benzene ring substituents is 1. The number of hydrogen-bond acceptors (Lipinski definition) is 7. The lowest BCUT2D eigenvalue weighted by Gasteiger charge is -2.35. The first kappa shape index (κ1) is 23.5. The highest BCUT2D eigenvalue weighted by atomic mass is 16.6. The normalized spacial score (nSPS) is 16.3. The van der Waals surface area contributed by atoms with Gasteiger partial charge in [-0.25, -0.2) is 0 Å². The second-order valence-electron chi connectivity index (χ2n) is 6.82. The Kier molecular flexibility index (Phi) is 8.24. The van der Waals surface area contributed by atoms with Crippen LogP contribution in [0.4, 0.5) is 5.69 Å². The van der Waals surface area contributed by atoms with Crippen molar-refractivity contribution < 1.29 is 28.8 Å². The van der Waals surface area contributed by atoms with Crippen LogP contribution in [-0.2, 0) is 23.9 Å². The van der Waals surface area contributed by atoms with Gasteiger partial charge in [-0.3, -0.25) is 29.3 Å². The van der Waals surface area contributed by atoms with Gasteiger partial charge >= 0.3 is 5.97 Å². The van der Waals surface area contributed by atoms with Crippen LogP contribution in [0.5, 0.6) is 0 Å². The van der Waals surface area contributed by atoms with Gasteiger partial charge in [-0.15, -0.1) is 0 Å². The van der Waals surface area contributed by atoms with Crippen LogP contribution in [0.2, 0.25) is 0 Å². The van der Waals surface area contributed by atoms with Crippen LogP contribution >= 0.6 is 0 Å². The molecule has 1 heterocycles. The number of hydrogen-bond donors (Lipinski definition) is 2. The van der Waals surface area contributed by atoms with Crippen molar-refractivity contribution in [1.29, 1.82) is 0 Å². The minimum absolute atomic E-state index is 0.113. The largest absolute Gasteiger partial charge is 0.466 e. The van der Waals surface area contributed by atoms with E-state index >= 15 is 0 Å². The molecule has 2 N–H and O–H groups in total. The molecule has 0 aromatic heterocycles. The van der Waals surface area contributed by atoms with E-state index < -0.39 is 34.7 Å². The van der Waals surface area contributed by atoms with Gasteiger partial charge in [-0.2, -0.15) is 0 Å². The lowest BCUT2D eigenvalue weighted by atomic mass is 10.1. The lowest BCUT2D eigenvalue weighted by molar-refractivity contribution is -0.384. The predicted octanol–water partition coefficient (Wildman–Crippen LogP) is 0.742. The number of rotatable bonds is 8. The molecule has 31 heavy (non-hydrogen) atoms. The maximum atomic E-state index is 13.2. The van der Waals surface area contributed by atoms with Crippen molar-refractivity contribution in [2.75, 3.05) is 19.7 Å². The SMILES string of the molecule is CCCOC(=O)CC1C(=O)NCCN1C(=O)C(=Cc1cccc([N+](=O)[O-])c1)NC(C)=O. The highest BCUT2D eigenvalue weighted by molar-refractivity contribution is 6.03. The molecule has 1 atom stereocenters. The smallest absolute Gasteiger partial charge is 0.308 e. The molecular formula is C20H24N4O7. The molecule has 1 fully saturated rings. The van der Waals surface area contributed by atoms with Crippen molar-refractivity contribution in [3.63, 3.8) is 0 Å². The van der Waals surface area contributed by atoms with Gasteiger partial charge in [-0.05, 0) is 18.1 Å². The molecule has 1 saturated heterocycles. The van der Waals surface area contributed by atoms with Crippen molar-refractivity contribution in [3.8, 4) is 0 Å². The average Bonchev–Trinajstić information content (AvgIpc) is 2.72. The molecule has 1 aromatic rings. The summed E-state index contributed by atoms with van der Waals surface area (Å²) in [5, 5.41) is 16.0. The van der Waals surface area contributed by atoms with Crippen LogP contribution in [0.25, 0.3) is 6.08 Å². The minimum Gasteiger partial charge on any atom is -0.466 e. The van der Waals surface area contributed by atoms with Crippen LogP contribution in [0.1, 0.15) is 32.3 Å². The van der Waals surface area contributed by atoms with Crippen LogP contribution in [0.3, 0.4) is 0 Å². The Morgan fingerprint density at radius 2 is 2.13 bits per heavy atom. The van der Waals surface area contributed by atoms with E-state index in [0.717, 1.165) is 0 Å². The highest BCUT2D eigenvalue weighted by Gasteiger charge is 2.36. The first-order valence-electron chi connectivity index (χ1n) is 9.71. The summed E-state index contributed by atoms with van der Waals surface area (Å²) in [6.45, 7) is 3.52. The fraction of sp³-hybridized carbons (Fsp3) is 0.400. The summed E-state index contributed by atoms with van der Waals surface area (Å²) >= 11 is 0. The number of carbonyl (C=O) groups excluding carboxylic acids is 4. The van der Waals surface area contributed by atoms with Gasteiger partial charge in [0.25, 0.3) is 11.6 Å². The van der Waals surface area contributed by atoms with Gasteiger partial charge in [0, 0.05) is 32.1 Å². The number of nitrogens with zero attached hydrogens (tertiary/aromatic N) is 2. The molecule has 0 aliphatic carbocycles. The summed E-state index contributed by atoms with van der Waals surface area (Å²) in [4.78, 5) is 60.8. The van der Waals surface area contributed by atoms with E-state index in [1.165, 1.54) is 42.2 Å². The van der Waals surface area contributed by atoms with E-state index in [-0.39, 0.29) is 37.5 Å². The van der Waals surface area contributed by atoms with E-state index in [1.807, 2.05) is 6.92 Å². The summed E-state index contributed by atoms with van der Waals surface area (Å²) in [6, 6.07) is 4.42. The average molecular weight is 432 g/mol. The highest BCUT2D eigenvalue weighted by Crippen LogP contribution is 2.18. The van der Waals surface area contributed by atoms with Crippen molar-refractivity contribution >= 4 is 35.5 Å². The van der Waals surface area contributed by atoms with Crippen LogP contribution in [0, 0.1) is 10.1 Å². The molecule has 166 valence electrons. The van der Waals surface area contributed by atoms with Gasteiger partial charge in [0.15, 0.2) is 0 Å². The molecule has 0 saturated carbocycles. The molecule has 0 radical (unpaired) electrons. The van der Waals surface area contributed by atoms with Crippen molar-refractivity contribution in [1.82, 2.24) is 15.5 Å². The fourth-order valence-electron chi connectivity index (χ4n) is 2.98. The second kappa shape index (κ2) is 10.9. The van der Waals surface area contributed by atoms with E-state index in [1.54, 1.807) is 0 Å². The number of ether oxygens (including phenoxy) is 1. The predicted molar refractivity (Wildman–Crippen MR) is 109 cm³/mol. The summed E-state index contributed by atoms with van der Waals surface area (Å²) < 4.78 is 5.02. The second-order valence-corrected chi connectivity index (χ2v) is 6.82. The molecule has 0 bridgehead atoms. The number of piperazine rings is 1. The molecule has 1 aromatic carbocycles. The topological polar surface area (TPSA) is 148 Å². The van der Waals surface area contributed by atoms with Gasteiger partial charge in [0.1, 0.15) is 11.7 Å². The molecule has 11 heteroatoms. The molecule has 1 aliphatic rings. The summed E-state index contributed by atoms with van der Waals surface area (Å²) in [5.41, 5.74) is -0.0430. The van der Waals surface area contributed by atoms with Crippen molar-refractivity contribution in [2.45, 2.75) is 32.7 Å². The third-order valence-corrected chi connectivity index (χ3v) is 4.35. The first-order chi connectivity index (χ1) is 14.7. The molecule has 1 aliphatic heterocycles. The number of nitro benzene ring substituents is 1. The maximum Gasteiger partial charge on any atom is 0.308 e. The zero-order chi connectivity index (χ0) is 23.0. The summed E-state index contributed by atoms with van der Waals surface area (Å²) in [7, 11) is 0. The Morgan fingerprint density at radius 3 is 2.77 bits per heavy atom. The molecule has 1 unspecified atom stereocenters. The maximum absolute atomic E-state index is 13.2. The minimum atomic E-state index is -1.10. The molecule has 0 spiro atoms. The number of nitrogens with one attached hydrogen (secondary N) is 2. The van der Waals surface area contributed by atoms with Crippen molar-refractivity contribution in [2.24, 2.45) is 0 Å². The van der Waals surface area contributed by atoms with Gasteiger partial charge in [0.05, 0.1) is 18.0 Å². The zero-order valence-corrected chi connectivity index (χ0v) is 17.3. The Labute approximate surface area is 178 Å². The third kappa shape index (κ3) is 6.63. The summed E-state index contributed by atoms with van der Waals surface area (Å²) in [5.74, 6) is -2.36. The molecule has 3 amide bonds. The fourth-order valence-corrected chi connectivity index (χ4v) is 2.98. The van der Waals surface area contributed by atoms with E-state index in [4.69, 9.17) is 4.74 Å². The number of carbonyl (C=O) groups is 4. The Hall–Kier alpha value is -3.76. The monoisotopic (exact) mass is 432 g/mol. The summed E-state index contributed by atoms with van der Waals surface area (Å²) in [6.07, 6.45) is 1.57. The van der Waals surface area contributed by atoms with Crippen LogP contribution in [0.15, 0.2) is 30.0 Å². The van der Waals surface area contributed by atoms with E-state index in [9.17, 15) is 29.3 Å². The van der Waals surface area contributed by atoms with Crippen LogP contribution in [-0.4, -0.2) is 59.3 Å². The standard InChI is InChI=1S/C20H24N4O7/c1-3-9-31-18(26)12-17-19(27)21-7-8-23(17)20(28)16(22-13(2)25)11-14-5-4-6-15(10-14)24(29)30/h4-6,10-11,17H,3,7-9,12H2,1-2H3,(H,21,27)(H,22,25). The number of amides is 3. The Balaban J connectivity index is 2.34. The lowest BCUT2D eigenvalue weighted by Crippen LogP contribution is -2.58. The van der Waals surface area contributed by atoms with Crippen LogP contribution < -0.4 is 10.6 Å². The van der Waals surface area contributed by atoms with Gasteiger partial charge in [-0.1, -0.05) is 19.1 Å². The van der Waals surface area contributed by atoms with Gasteiger partial charge in [0.2, 0.25) is 11.8 Å². The number of nitro groups is 1. The first-order valence-corrected chi connectivity index (χ1v) is 9.71. The van der Waals surface area contributed by atoms with Gasteiger partial charge < -0.3 is 20.3 Å². The van der Waals surface area contributed by atoms with Crippen molar-refractivity contribution in [3.05, 3.63) is 45.6 Å². The van der Waals surface area contributed by atoms with E-state index in [0.29, 0.717) is 12.0 Å². The third-order valence-electron chi connectivity index (χ3n) is 4.35. The quantitative estimate of drug-likeness (QED) is 0.266. The molecule has 2 rings (SSSR count). The Bertz CT molecular complexity index is 913. The van der Waals surface area contributed by atoms with E-state index in [2.05, 4.69) is 10.6 Å². The Morgan fingerprint density at radius 1 is 1.39 bits per heavy atom. The molecule has 11 nitrogen and oxygen atoms in total. The number of benzene rings is 1. The zero-order valence-electron chi connectivity index (χ0n) is 17.3. The molecular weight excluding hydrogens is 408 g/mol.